The fraction of sp³-hybridized carbons (Fsp3) is 0.200. The lowest BCUT2D eigenvalue weighted by Crippen LogP contribution is -1.76. The van der Waals surface area contributed by atoms with Crippen LogP contribution in [-0.4, -0.2) is 17.0 Å². The second kappa shape index (κ2) is 3.29. The molecule has 0 aliphatic carbocycles. The topological polar surface area (TPSA) is 43.1 Å². The zero-order valence-corrected chi connectivity index (χ0v) is 5.43. The van der Waals surface area contributed by atoms with Gasteiger partial charge in [-0.25, -0.2) is 4.98 Å². The normalized spacial score (nSPS) is 9.33. The Hall–Kier alpha value is -0.770. The Morgan fingerprint density at radius 1 is 1.89 bits per heavy atom. The van der Waals surface area contributed by atoms with Crippen molar-refractivity contribution in [3.63, 3.8) is 0 Å². The largest absolute Gasteiger partial charge is 0.440 e. The summed E-state index contributed by atoms with van der Waals surface area (Å²) >= 11 is 1.28. The van der Waals surface area contributed by atoms with Crippen LogP contribution >= 0.6 is 11.8 Å². The Bertz CT molecular complexity index is 173. The molecule has 0 aliphatic heterocycles. The molecule has 0 aliphatic rings. The summed E-state index contributed by atoms with van der Waals surface area (Å²) in [4.78, 5) is 13.6. The number of aromatic nitrogens is 1. The van der Waals surface area contributed by atoms with Crippen molar-refractivity contribution in [1.29, 1.82) is 0 Å². The molecule has 0 unspecified atom stereocenters. The van der Waals surface area contributed by atoms with Gasteiger partial charge in [0.15, 0.2) is 0 Å². The molecule has 3 nitrogen and oxygen atoms in total. The number of thioether (sulfide) groups is 1. The summed E-state index contributed by atoms with van der Waals surface area (Å²) in [6.07, 6.45) is 3.84. The number of aldehydes is 1. The average Bonchev–Trinajstić information content (AvgIpc) is 2.34. The molecule has 0 N–H and O–H groups in total. The quantitative estimate of drug-likeness (QED) is 0.467. The van der Waals surface area contributed by atoms with E-state index in [1.807, 2.05) is 0 Å². The Balaban J connectivity index is 2.38. The maximum absolute atomic E-state index is 9.81. The number of rotatable bonds is 3. The monoisotopic (exact) mass is 143 g/mol. The molecule has 0 atom stereocenters. The van der Waals surface area contributed by atoms with Crippen molar-refractivity contribution in [1.82, 2.24) is 4.98 Å². The highest BCUT2D eigenvalue weighted by Gasteiger charge is 1.94. The number of oxazole rings is 1. The van der Waals surface area contributed by atoms with E-state index in [4.69, 9.17) is 4.42 Å². The first-order valence-corrected chi connectivity index (χ1v) is 3.38. The maximum Gasteiger partial charge on any atom is 0.255 e. The lowest BCUT2D eigenvalue weighted by atomic mass is 10.9. The molecule has 0 spiro atoms. The molecule has 0 fully saturated rings. The van der Waals surface area contributed by atoms with Crippen LogP contribution in [0.4, 0.5) is 0 Å². The molecule has 4 heteroatoms. The third-order valence-electron chi connectivity index (χ3n) is 0.685. The Morgan fingerprint density at radius 3 is 3.33 bits per heavy atom. The van der Waals surface area contributed by atoms with Crippen LogP contribution in [0, 0.1) is 0 Å². The van der Waals surface area contributed by atoms with Crippen LogP contribution in [0.1, 0.15) is 0 Å². The summed E-state index contributed by atoms with van der Waals surface area (Å²) in [6.45, 7) is 0. The van der Waals surface area contributed by atoms with E-state index in [1.165, 1.54) is 18.0 Å². The van der Waals surface area contributed by atoms with E-state index in [2.05, 4.69) is 4.98 Å². The maximum atomic E-state index is 9.81. The highest BCUT2D eigenvalue weighted by atomic mass is 32.2. The van der Waals surface area contributed by atoms with E-state index in [0.717, 1.165) is 6.29 Å². The van der Waals surface area contributed by atoms with Crippen LogP contribution in [0.5, 0.6) is 0 Å². The summed E-state index contributed by atoms with van der Waals surface area (Å²) in [7, 11) is 0. The van der Waals surface area contributed by atoms with E-state index in [-0.39, 0.29) is 0 Å². The predicted octanol–water partition coefficient (Wildman–Crippen LogP) is 0.966. The third kappa shape index (κ3) is 1.89. The molecule has 0 radical (unpaired) electrons. The first-order valence-electron chi connectivity index (χ1n) is 2.39. The van der Waals surface area contributed by atoms with Crippen molar-refractivity contribution in [3.05, 3.63) is 12.5 Å². The van der Waals surface area contributed by atoms with Crippen LogP contribution in [0.25, 0.3) is 0 Å². The van der Waals surface area contributed by atoms with E-state index in [9.17, 15) is 4.79 Å². The molecule has 1 aromatic heterocycles. The minimum atomic E-state index is 0.403. The van der Waals surface area contributed by atoms with Gasteiger partial charge < -0.3 is 9.21 Å². The van der Waals surface area contributed by atoms with Gasteiger partial charge in [0.25, 0.3) is 5.22 Å². The van der Waals surface area contributed by atoms with Crippen molar-refractivity contribution >= 4 is 18.0 Å². The summed E-state index contributed by atoms with van der Waals surface area (Å²) in [6, 6.07) is 0. The number of carbonyl (C=O) groups excluding carboxylic acids is 1. The fourth-order valence-electron chi connectivity index (χ4n) is 0.387. The number of carbonyl (C=O) groups is 1. The summed E-state index contributed by atoms with van der Waals surface area (Å²) in [5.41, 5.74) is 0. The Kier molecular flexibility index (Phi) is 2.32. The first kappa shape index (κ1) is 6.35. The van der Waals surface area contributed by atoms with Gasteiger partial charge in [0, 0.05) is 0 Å². The lowest BCUT2D eigenvalue weighted by molar-refractivity contribution is -0.105. The molecule has 0 amide bonds. The molecule has 0 saturated carbocycles. The van der Waals surface area contributed by atoms with Gasteiger partial charge >= 0.3 is 0 Å². The molecule has 1 aromatic rings. The zero-order chi connectivity index (χ0) is 6.53. The van der Waals surface area contributed by atoms with Gasteiger partial charge in [-0.1, -0.05) is 11.8 Å². The van der Waals surface area contributed by atoms with Gasteiger partial charge in [0.05, 0.1) is 11.9 Å². The predicted molar refractivity (Wildman–Crippen MR) is 33.3 cm³/mol. The van der Waals surface area contributed by atoms with Crippen molar-refractivity contribution in [2.45, 2.75) is 5.22 Å². The number of hydrogen-bond donors (Lipinski definition) is 0. The van der Waals surface area contributed by atoms with Crippen LogP contribution in [-0.2, 0) is 4.79 Å². The second-order valence-electron chi connectivity index (χ2n) is 1.28. The molecule has 1 rings (SSSR count). The van der Waals surface area contributed by atoms with Gasteiger partial charge in [-0.15, -0.1) is 0 Å². The van der Waals surface area contributed by atoms with E-state index >= 15 is 0 Å². The fourth-order valence-corrected chi connectivity index (χ4v) is 0.857. The van der Waals surface area contributed by atoms with Gasteiger partial charge in [-0.3, -0.25) is 0 Å². The van der Waals surface area contributed by atoms with Gasteiger partial charge in [0.1, 0.15) is 12.5 Å². The lowest BCUT2D eigenvalue weighted by Gasteiger charge is -1.83. The molecule has 9 heavy (non-hydrogen) atoms. The molecular formula is C5H5NO2S. The molecule has 0 bridgehead atoms. The molecule has 0 saturated heterocycles. The van der Waals surface area contributed by atoms with E-state index < -0.39 is 0 Å². The van der Waals surface area contributed by atoms with Crippen molar-refractivity contribution in [2.75, 3.05) is 5.75 Å². The summed E-state index contributed by atoms with van der Waals surface area (Å²) in [5, 5.41) is 0.544. The minimum absolute atomic E-state index is 0.403. The average molecular weight is 143 g/mol. The molecular weight excluding hydrogens is 138 g/mol. The number of hydrogen-bond acceptors (Lipinski definition) is 4. The van der Waals surface area contributed by atoms with Crippen LogP contribution in [0.3, 0.4) is 0 Å². The summed E-state index contributed by atoms with van der Waals surface area (Å²) in [5.74, 6) is 0.403. The van der Waals surface area contributed by atoms with Crippen LogP contribution in [0.2, 0.25) is 0 Å². The van der Waals surface area contributed by atoms with Gasteiger partial charge in [-0.2, -0.15) is 0 Å². The number of nitrogens with zero attached hydrogens (tertiary/aromatic N) is 1. The van der Waals surface area contributed by atoms with Gasteiger partial charge in [0.2, 0.25) is 0 Å². The second-order valence-corrected chi connectivity index (χ2v) is 2.25. The van der Waals surface area contributed by atoms with Crippen molar-refractivity contribution in [3.8, 4) is 0 Å². The highest BCUT2D eigenvalue weighted by Crippen LogP contribution is 2.12. The summed E-state index contributed by atoms with van der Waals surface area (Å²) < 4.78 is 4.83. The highest BCUT2D eigenvalue weighted by molar-refractivity contribution is 7.99. The standard InChI is InChI=1S/C5H5NO2S/c7-2-4-9-5-6-1-3-8-5/h1-3H,4H2. The Labute approximate surface area is 56.5 Å². The van der Waals surface area contributed by atoms with Crippen LogP contribution in [0.15, 0.2) is 22.1 Å². The van der Waals surface area contributed by atoms with E-state index in [0.29, 0.717) is 11.0 Å². The first-order chi connectivity index (χ1) is 4.43. The minimum Gasteiger partial charge on any atom is -0.440 e. The van der Waals surface area contributed by atoms with Crippen molar-refractivity contribution in [2.24, 2.45) is 0 Å². The SMILES string of the molecule is O=CCSc1ncco1. The van der Waals surface area contributed by atoms with Gasteiger partial charge in [-0.05, 0) is 0 Å². The molecule has 48 valence electrons. The smallest absolute Gasteiger partial charge is 0.255 e. The van der Waals surface area contributed by atoms with Crippen LogP contribution < -0.4 is 0 Å². The Morgan fingerprint density at radius 2 is 2.78 bits per heavy atom. The third-order valence-corrected chi connectivity index (χ3v) is 1.44. The molecule has 1 heterocycles. The van der Waals surface area contributed by atoms with E-state index in [1.54, 1.807) is 6.20 Å². The molecule has 0 aromatic carbocycles. The zero-order valence-electron chi connectivity index (χ0n) is 4.61. The van der Waals surface area contributed by atoms with Crippen molar-refractivity contribution < 1.29 is 9.21 Å².